The monoisotopic (exact) mass is 519 g/mol. The van der Waals surface area contributed by atoms with E-state index in [4.69, 9.17) is 9.47 Å². The molecular formula is C27H25N3O6S. The minimum Gasteiger partial charge on any atom is -0.462 e. The maximum atomic E-state index is 12.5. The van der Waals surface area contributed by atoms with Crippen LogP contribution in [0.4, 0.5) is 5.00 Å². The normalized spacial score (nSPS) is 12.2. The van der Waals surface area contributed by atoms with Gasteiger partial charge in [0.25, 0.3) is 0 Å². The van der Waals surface area contributed by atoms with Gasteiger partial charge in [-0.05, 0) is 62.9 Å². The van der Waals surface area contributed by atoms with Crippen LogP contribution in [0.5, 0.6) is 5.75 Å². The molecule has 1 aliphatic carbocycles. The van der Waals surface area contributed by atoms with Gasteiger partial charge in [-0.3, -0.25) is 9.59 Å². The standard InChI is InChI=1S/C27H25N3O6S/c1-3-35-27(34)22-19-8-6-10-21(19)37-25(22)29-23(31)24(32)30-28-15-18-7-4-5-9-20(18)36-26(33)17-13-11-16(2)12-14-17/h4-5,7,9,11-15H,3,6,8,10H2,1-2H3,(H,29,31)(H,30,32)/b28-15+. The van der Waals surface area contributed by atoms with Gasteiger partial charge in [0.05, 0.1) is 23.9 Å². The molecule has 0 saturated carbocycles. The molecule has 9 nitrogen and oxygen atoms in total. The lowest BCUT2D eigenvalue weighted by Crippen LogP contribution is -2.32. The molecule has 1 heterocycles. The first-order chi connectivity index (χ1) is 17.9. The summed E-state index contributed by atoms with van der Waals surface area (Å²) in [5.74, 6) is -2.81. The second-order valence-electron chi connectivity index (χ2n) is 8.23. The molecule has 0 unspecified atom stereocenters. The molecule has 37 heavy (non-hydrogen) atoms. The number of thiophene rings is 1. The Morgan fingerprint density at radius 1 is 1.00 bits per heavy atom. The van der Waals surface area contributed by atoms with Crippen molar-refractivity contribution in [3.05, 3.63) is 81.2 Å². The number of esters is 2. The van der Waals surface area contributed by atoms with E-state index >= 15 is 0 Å². The lowest BCUT2D eigenvalue weighted by atomic mass is 10.1. The molecule has 2 aromatic carbocycles. The molecule has 0 saturated heterocycles. The van der Waals surface area contributed by atoms with Crippen LogP contribution in [0.2, 0.25) is 0 Å². The van der Waals surface area contributed by atoms with Crippen LogP contribution in [0.25, 0.3) is 0 Å². The van der Waals surface area contributed by atoms with Crippen LogP contribution in [-0.4, -0.2) is 36.6 Å². The minimum absolute atomic E-state index is 0.202. The summed E-state index contributed by atoms with van der Waals surface area (Å²) in [5.41, 5.74) is 5.17. The van der Waals surface area contributed by atoms with Crippen LogP contribution < -0.4 is 15.5 Å². The maximum Gasteiger partial charge on any atom is 0.343 e. The second kappa shape index (κ2) is 11.6. The van der Waals surface area contributed by atoms with Crippen molar-refractivity contribution in [2.75, 3.05) is 11.9 Å². The summed E-state index contributed by atoms with van der Waals surface area (Å²) < 4.78 is 10.6. The van der Waals surface area contributed by atoms with Crippen LogP contribution in [0.15, 0.2) is 53.6 Å². The quantitative estimate of drug-likeness (QED) is 0.160. The Kier molecular flexibility index (Phi) is 8.09. The summed E-state index contributed by atoms with van der Waals surface area (Å²) in [7, 11) is 0. The molecule has 0 radical (unpaired) electrons. The molecule has 0 spiro atoms. The molecule has 3 aromatic rings. The summed E-state index contributed by atoms with van der Waals surface area (Å²) in [4.78, 5) is 50.8. The topological polar surface area (TPSA) is 123 Å². The van der Waals surface area contributed by atoms with E-state index in [0.29, 0.717) is 21.7 Å². The first kappa shape index (κ1) is 25.8. The molecule has 2 amide bonds. The van der Waals surface area contributed by atoms with Crippen LogP contribution in [0.1, 0.15) is 55.6 Å². The number of aryl methyl sites for hydroxylation is 2. The zero-order chi connectivity index (χ0) is 26.4. The van der Waals surface area contributed by atoms with Crippen LogP contribution >= 0.6 is 11.3 Å². The van der Waals surface area contributed by atoms with Crippen molar-refractivity contribution in [2.24, 2.45) is 5.10 Å². The predicted octanol–water partition coefficient (Wildman–Crippen LogP) is 4.03. The number of carbonyl (C=O) groups excluding carboxylic acids is 4. The minimum atomic E-state index is -1.02. The molecule has 2 N–H and O–H groups in total. The number of hydrogen-bond donors (Lipinski definition) is 2. The van der Waals surface area contributed by atoms with Crippen LogP contribution in [0.3, 0.4) is 0 Å². The van der Waals surface area contributed by atoms with E-state index in [9.17, 15) is 19.2 Å². The number of anilines is 1. The highest BCUT2D eigenvalue weighted by Gasteiger charge is 2.29. The Balaban J connectivity index is 1.40. The smallest absolute Gasteiger partial charge is 0.343 e. The number of hydrogen-bond acceptors (Lipinski definition) is 8. The van der Waals surface area contributed by atoms with Gasteiger partial charge >= 0.3 is 23.8 Å². The number of nitrogens with one attached hydrogen (secondary N) is 2. The number of amides is 2. The fourth-order valence-corrected chi connectivity index (χ4v) is 5.08. The summed E-state index contributed by atoms with van der Waals surface area (Å²) in [6.07, 6.45) is 3.73. The average Bonchev–Trinajstić information content (AvgIpc) is 3.46. The number of para-hydroxylation sites is 1. The largest absolute Gasteiger partial charge is 0.462 e. The zero-order valence-corrected chi connectivity index (χ0v) is 21.1. The summed E-state index contributed by atoms with van der Waals surface area (Å²) >= 11 is 1.28. The Morgan fingerprint density at radius 2 is 1.76 bits per heavy atom. The molecule has 0 bridgehead atoms. The van der Waals surface area contributed by atoms with Crippen molar-refractivity contribution >= 4 is 46.3 Å². The van der Waals surface area contributed by atoms with Gasteiger partial charge in [0.15, 0.2) is 0 Å². The number of ether oxygens (including phenoxy) is 2. The Labute approximate surface area is 217 Å². The summed E-state index contributed by atoms with van der Waals surface area (Å²) in [5, 5.41) is 6.63. The fourth-order valence-electron chi connectivity index (χ4n) is 3.81. The van der Waals surface area contributed by atoms with Crippen molar-refractivity contribution in [3.8, 4) is 5.75 Å². The molecule has 1 aliphatic rings. The molecule has 10 heteroatoms. The highest BCUT2D eigenvalue weighted by molar-refractivity contribution is 7.17. The number of hydrazone groups is 1. The number of benzene rings is 2. The van der Waals surface area contributed by atoms with Crippen molar-refractivity contribution < 1.29 is 28.7 Å². The summed E-state index contributed by atoms with van der Waals surface area (Å²) in [6.45, 7) is 3.82. The van der Waals surface area contributed by atoms with Gasteiger partial charge < -0.3 is 14.8 Å². The number of nitrogens with zero attached hydrogens (tertiary/aromatic N) is 1. The number of rotatable bonds is 7. The van der Waals surface area contributed by atoms with Gasteiger partial charge in [-0.15, -0.1) is 11.3 Å². The van der Waals surface area contributed by atoms with E-state index < -0.39 is 23.8 Å². The number of carbonyl (C=O) groups is 4. The van der Waals surface area contributed by atoms with Gasteiger partial charge in [0.2, 0.25) is 0 Å². The van der Waals surface area contributed by atoms with Crippen molar-refractivity contribution in [2.45, 2.75) is 33.1 Å². The molecule has 4 rings (SSSR count). The molecular weight excluding hydrogens is 494 g/mol. The fraction of sp³-hybridized carbons (Fsp3) is 0.222. The molecule has 190 valence electrons. The Bertz CT molecular complexity index is 1380. The third kappa shape index (κ3) is 6.10. The lowest BCUT2D eigenvalue weighted by molar-refractivity contribution is -0.136. The van der Waals surface area contributed by atoms with E-state index in [2.05, 4.69) is 15.8 Å². The van der Waals surface area contributed by atoms with Gasteiger partial charge in [-0.2, -0.15) is 5.10 Å². The molecule has 0 fully saturated rings. The van der Waals surface area contributed by atoms with E-state index in [1.807, 2.05) is 19.1 Å². The highest BCUT2D eigenvalue weighted by atomic mass is 32.1. The zero-order valence-electron chi connectivity index (χ0n) is 20.3. The molecule has 0 aliphatic heterocycles. The van der Waals surface area contributed by atoms with E-state index in [1.165, 1.54) is 17.6 Å². The van der Waals surface area contributed by atoms with E-state index in [-0.39, 0.29) is 12.4 Å². The van der Waals surface area contributed by atoms with E-state index in [1.54, 1.807) is 43.3 Å². The number of fused-ring (bicyclic) bond motifs is 1. The van der Waals surface area contributed by atoms with Crippen molar-refractivity contribution in [3.63, 3.8) is 0 Å². The van der Waals surface area contributed by atoms with Gasteiger partial charge in [-0.25, -0.2) is 15.0 Å². The first-order valence-electron chi connectivity index (χ1n) is 11.7. The van der Waals surface area contributed by atoms with Gasteiger partial charge in [0, 0.05) is 10.4 Å². The third-order valence-electron chi connectivity index (χ3n) is 5.61. The van der Waals surface area contributed by atoms with Crippen LogP contribution in [-0.2, 0) is 27.2 Å². The molecule has 0 atom stereocenters. The van der Waals surface area contributed by atoms with Gasteiger partial charge in [0.1, 0.15) is 10.8 Å². The Hall–Kier alpha value is -4.31. The van der Waals surface area contributed by atoms with Gasteiger partial charge in [-0.1, -0.05) is 29.8 Å². The highest BCUT2D eigenvalue weighted by Crippen LogP contribution is 2.39. The third-order valence-corrected chi connectivity index (χ3v) is 6.82. The Morgan fingerprint density at radius 3 is 2.51 bits per heavy atom. The summed E-state index contributed by atoms with van der Waals surface area (Å²) in [6, 6.07) is 13.6. The lowest BCUT2D eigenvalue weighted by Gasteiger charge is -2.08. The first-order valence-corrected chi connectivity index (χ1v) is 12.5. The second-order valence-corrected chi connectivity index (χ2v) is 9.33. The predicted molar refractivity (Wildman–Crippen MR) is 139 cm³/mol. The van der Waals surface area contributed by atoms with Crippen LogP contribution in [0, 0.1) is 6.92 Å². The van der Waals surface area contributed by atoms with E-state index in [0.717, 1.165) is 35.3 Å². The SMILES string of the molecule is CCOC(=O)c1c(NC(=O)C(=O)N/N=C/c2ccccc2OC(=O)c2ccc(C)cc2)sc2c1CCC2. The average molecular weight is 520 g/mol. The van der Waals surface area contributed by atoms with Crippen molar-refractivity contribution in [1.29, 1.82) is 0 Å². The molecule has 1 aromatic heterocycles. The van der Waals surface area contributed by atoms with Crippen molar-refractivity contribution in [1.82, 2.24) is 5.43 Å². The maximum absolute atomic E-state index is 12.5.